The molecule has 0 radical (unpaired) electrons. The fraction of sp³-hybridized carbons (Fsp3) is 0.240. The lowest BCUT2D eigenvalue weighted by Gasteiger charge is -2.36. The van der Waals surface area contributed by atoms with Gasteiger partial charge in [0.15, 0.2) is 17.2 Å². The molecular weight excluding hydrogens is 428 g/mol. The maximum atomic E-state index is 14.3. The van der Waals surface area contributed by atoms with E-state index in [1.165, 1.54) is 18.4 Å². The molecule has 33 heavy (non-hydrogen) atoms. The lowest BCUT2D eigenvalue weighted by Crippen LogP contribution is -2.49. The van der Waals surface area contributed by atoms with Crippen LogP contribution in [-0.4, -0.2) is 48.7 Å². The van der Waals surface area contributed by atoms with E-state index in [0.29, 0.717) is 43.0 Å². The quantitative estimate of drug-likeness (QED) is 0.447. The Hall–Kier alpha value is -3.81. The summed E-state index contributed by atoms with van der Waals surface area (Å²) in [7, 11) is 1.63. The number of amides is 1. The van der Waals surface area contributed by atoms with Crippen LogP contribution in [0, 0.1) is 11.6 Å². The SMILES string of the molecule is COc1ccc(N2CCN(C(=O)c3cc4occc4n3Cc3cccc(F)c3F)CC2)cc1. The number of carbonyl (C=O) groups excluding carboxylic acids is 1. The van der Waals surface area contributed by atoms with E-state index in [1.54, 1.807) is 28.7 Å². The zero-order valence-electron chi connectivity index (χ0n) is 18.1. The van der Waals surface area contributed by atoms with Crippen molar-refractivity contribution in [2.45, 2.75) is 6.54 Å². The molecule has 5 rings (SSSR count). The van der Waals surface area contributed by atoms with Crippen molar-refractivity contribution >= 4 is 22.7 Å². The molecule has 6 nitrogen and oxygen atoms in total. The van der Waals surface area contributed by atoms with Crippen LogP contribution in [-0.2, 0) is 6.54 Å². The van der Waals surface area contributed by atoms with Crippen LogP contribution in [0.2, 0.25) is 0 Å². The summed E-state index contributed by atoms with van der Waals surface area (Å²) in [5, 5.41) is 0. The van der Waals surface area contributed by atoms with Crippen LogP contribution >= 0.6 is 0 Å². The first-order valence-corrected chi connectivity index (χ1v) is 10.7. The van der Waals surface area contributed by atoms with Gasteiger partial charge in [0.05, 0.1) is 25.4 Å². The summed E-state index contributed by atoms with van der Waals surface area (Å²) < 4.78 is 40.5. The molecule has 1 saturated heterocycles. The van der Waals surface area contributed by atoms with E-state index in [4.69, 9.17) is 9.15 Å². The van der Waals surface area contributed by atoms with E-state index in [9.17, 15) is 13.6 Å². The average molecular weight is 451 g/mol. The zero-order chi connectivity index (χ0) is 22.9. The average Bonchev–Trinajstić information content (AvgIpc) is 3.44. The van der Waals surface area contributed by atoms with Crippen LogP contribution in [0.1, 0.15) is 16.1 Å². The van der Waals surface area contributed by atoms with E-state index in [2.05, 4.69) is 4.90 Å². The summed E-state index contributed by atoms with van der Waals surface area (Å²) in [4.78, 5) is 17.4. The van der Waals surface area contributed by atoms with Gasteiger partial charge in [-0.05, 0) is 30.3 Å². The number of hydrogen-bond donors (Lipinski definition) is 0. The minimum absolute atomic E-state index is 0.0273. The largest absolute Gasteiger partial charge is 0.497 e. The first-order chi connectivity index (χ1) is 16.0. The normalized spacial score (nSPS) is 14.2. The highest BCUT2D eigenvalue weighted by atomic mass is 19.2. The summed E-state index contributed by atoms with van der Waals surface area (Å²) in [5.74, 6) is -1.18. The maximum absolute atomic E-state index is 14.3. The lowest BCUT2D eigenvalue weighted by atomic mass is 10.2. The van der Waals surface area contributed by atoms with Crippen LogP contribution in [0.4, 0.5) is 14.5 Å². The molecular formula is C25H23F2N3O3. The van der Waals surface area contributed by atoms with Crippen molar-refractivity contribution in [2.75, 3.05) is 38.2 Å². The van der Waals surface area contributed by atoms with Crippen LogP contribution in [0.25, 0.3) is 11.1 Å². The first kappa shape index (κ1) is 21.1. The number of furan rings is 1. The Morgan fingerprint density at radius 3 is 2.52 bits per heavy atom. The third kappa shape index (κ3) is 3.92. The number of anilines is 1. The summed E-state index contributed by atoms with van der Waals surface area (Å²) in [6.07, 6.45) is 1.52. The van der Waals surface area contributed by atoms with Gasteiger partial charge in [-0.1, -0.05) is 12.1 Å². The molecule has 0 N–H and O–H groups in total. The van der Waals surface area contributed by atoms with E-state index >= 15 is 0 Å². The molecule has 1 fully saturated rings. The van der Waals surface area contributed by atoms with Gasteiger partial charge in [0.25, 0.3) is 5.91 Å². The highest BCUT2D eigenvalue weighted by Crippen LogP contribution is 2.26. The van der Waals surface area contributed by atoms with Gasteiger partial charge >= 0.3 is 0 Å². The molecule has 0 spiro atoms. The second-order valence-electron chi connectivity index (χ2n) is 7.98. The molecule has 0 aliphatic carbocycles. The Kier molecular flexibility index (Phi) is 5.50. The molecule has 8 heteroatoms. The van der Waals surface area contributed by atoms with Crippen molar-refractivity contribution in [1.82, 2.24) is 9.47 Å². The van der Waals surface area contributed by atoms with E-state index < -0.39 is 11.6 Å². The van der Waals surface area contributed by atoms with Gasteiger partial charge in [0, 0.05) is 49.6 Å². The van der Waals surface area contributed by atoms with Gasteiger partial charge in [-0.2, -0.15) is 0 Å². The molecule has 4 aromatic rings. The topological polar surface area (TPSA) is 50.9 Å². The molecule has 0 saturated carbocycles. The second-order valence-corrected chi connectivity index (χ2v) is 7.98. The second kappa shape index (κ2) is 8.61. The number of carbonyl (C=O) groups is 1. The molecule has 1 aliphatic rings. The molecule has 3 heterocycles. The monoisotopic (exact) mass is 451 g/mol. The van der Waals surface area contributed by atoms with E-state index in [0.717, 1.165) is 17.5 Å². The Labute approximate surface area is 189 Å². The van der Waals surface area contributed by atoms with Gasteiger partial charge in [0.2, 0.25) is 0 Å². The van der Waals surface area contributed by atoms with Crippen LogP contribution in [0.15, 0.2) is 65.3 Å². The summed E-state index contributed by atoms with van der Waals surface area (Å²) in [6.45, 7) is 2.50. The maximum Gasteiger partial charge on any atom is 0.270 e. The van der Waals surface area contributed by atoms with E-state index in [1.807, 2.05) is 24.3 Å². The number of piperazine rings is 1. The number of ether oxygens (including phenoxy) is 1. The minimum atomic E-state index is -0.911. The molecule has 2 aromatic carbocycles. The fourth-order valence-electron chi connectivity index (χ4n) is 4.29. The standard InChI is InChI=1S/C25H23F2N3O3/c1-32-19-7-5-18(6-8-19)28-10-12-29(13-11-28)25(31)22-15-23-21(9-14-33-23)30(22)16-17-3-2-4-20(26)24(17)27/h2-9,14-15H,10-13,16H2,1H3. The van der Waals surface area contributed by atoms with Crippen molar-refractivity contribution in [3.8, 4) is 5.75 Å². The predicted molar refractivity (Wildman–Crippen MR) is 121 cm³/mol. The number of halogens is 2. The Morgan fingerprint density at radius 2 is 1.79 bits per heavy atom. The first-order valence-electron chi connectivity index (χ1n) is 10.7. The minimum Gasteiger partial charge on any atom is -0.497 e. The molecule has 1 amide bonds. The smallest absolute Gasteiger partial charge is 0.270 e. The van der Waals surface area contributed by atoms with Gasteiger partial charge in [0.1, 0.15) is 11.4 Å². The molecule has 0 bridgehead atoms. The number of nitrogens with zero attached hydrogens (tertiary/aromatic N) is 3. The van der Waals surface area contributed by atoms with Crippen molar-refractivity contribution < 1.29 is 22.7 Å². The van der Waals surface area contributed by atoms with Crippen LogP contribution < -0.4 is 9.64 Å². The predicted octanol–water partition coefficient (Wildman–Crippen LogP) is 4.53. The van der Waals surface area contributed by atoms with Crippen molar-refractivity contribution in [3.05, 3.63) is 83.8 Å². The Balaban J connectivity index is 1.36. The molecule has 170 valence electrons. The Morgan fingerprint density at radius 1 is 1.03 bits per heavy atom. The van der Waals surface area contributed by atoms with Crippen molar-refractivity contribution in [2.24, 2.45) is 0 Å². The highest BCUT2D eigenvalue weighted by molar-refractivity contribution is 5.97. The van der Waals surface area contributed by atoms with Gasteiger partial charge in [-0.3, -0.25) is 4.79 Å². The zero-order valence-corrected chi connectivity index (χ0v) is 18.1. The molecule has 0 unspecified atom stereocenters. The van der Waals surface area contributed by atoms with Gasteiger partial charge in [-0.25, -0.2) is 8.78 Å². The summed E-state index contributed by atoms with van der Waals surface area (Å²) >= 11 is 0. The van der Waals surface area contributed by atoms with E-state index in [-0.39, 0.29) is 18.0 Å². The summed E-state index contributed by atoms with van der Waals surface area (Å²) in [6, 6.07) is 15.3. The number of hydrogen-bond acceptors (Lipinski definition) is 4. The van der Waals surface area contributed by atoms with Crippen molar-refractivity contribution in [1.29, 1.82) is 0 Å². The number of methoxy groups -OCH3 is 1. The lowest BCUT2D eigenvalue weighted by molar-refractivity contribution is 0.0736. The van der Waals surface area contributed by atoms with Crippen molar-refractivity contribution in [3.63, 3.8) is 0 Å². The van der Waals surface area contributed by atoms with Crippen LogP contribution in [0.3, 0.4) is 0 Å². The number of benzene rings is 2. The summed E-state index contributed by atoms with van der Waals surface area (Å²) in [5.41, 5.74) is 2.84. The third-order valence-corrected chi connectivity index (χ3v) is 6.11. The van der Waals surface area contributed by atoms with Gasteiger partial charge in [-0.15, -0.1) is 0 Å². The number of aromatic nitrogens is 1. The number of rotatable bonds is 5. The fourth-order valence-corrected chi connectivity index (χ4v) is 4.29. The number of fused-ring (bicyclic) bond motifs is 1. The highest BCUT2D eigenvalue weighted by Gasteiger charge is 2.27. The molecule has 1 aliphatic heterocycles. The molecule has 0 atom stereocenters. The Bertz CT molecular complexity index is 1290. The molecule has 2 aromatic heterocycles. The van der Waals surface area contributed by atoms with Crippen LogP contribution in [0.5, 0.6) is 5.75 Å². The van der Waals surface area contributed by atoms with Gasteiger partial charge < -0.3 is 23.5 Å². The third-order valence-electron chi connectivity index (χ3n) is 6.11.